The fourth-order valence-electron chi connectivity index (χ4n) is 2.70. The Hall–Kier alpha value is -3.47. The topological polar surface area (TPSA) is 73.3 Å². The molecule has 1 amide bonds. The van der Waals surface area contributed by atoms with Crippen LogP contribution in [0.3, 0.4) is 0 Å². The van der Waals surface area contributed by atoms with E-state index < -0.39 is 24.1 Å². The molecule has 31 heavy (non-hydrogen) atoms. The number of pyridine rings is 2. The van der Waals surface area contributed by atoms with Gasteiger partial charge in [0.1, 0.15) is 11.5 Å². The van der Waals surface area contributed by atoms with Crippen molar-refractivity contribution >= 4 is 23.3 Å². The summed E-state index contributed by atoms with van der Waals surface area (Å²) in [5.74, 6) is -1.03. The normalized spacial score (nSPS) is 14.4. The molecule has 0 aliphatic carbocycles. The highest BCUT2D eigenvalue weighted by atomic mass is 35.5. The summed E-state index contributed by atoms with van der Waals surface area (Å²) < 4.78 is 72.8. The van der Waals surface area contributed by atoms with Crippen molar-refractivity contribution in [2.24, 2.45) is 0 Å². The largest absolute Gasteiger partial charge is 0.586 e. The van der Waals surface area contributed by atoms with Gasteiger partial charge in [0.25, 0.3) is 5.91 Å². The first-order valence-electron chi connectivity index (χ1n) is 8.42. The first-order valence-corrected chi connectivity index (χ1v) is 8.80. The number of nitrogens with zero attached hydrogens (tertiary/aromatic N) is 2. The van der Waals surface area contributed by atoms with Crippen molar-refractivity contribution in [3.8, 4) is 22.6 Å². The molecule has 0 spiro atoms. The lowest BCUT2D eigenvalue weighted by molar-refractivity contribution is -0.286. The van der Waals surface area contributed by atoms with Crippen LogP contribution in [0.2, 0.25) is 5.02 Å². The molecule has 3 heterocycles. The molecule has 0 saturated heterocycles. The molecule has 1 aliphatic rings. The van der Waals surface area contributed by atoms with Crippen LogP contribution < -0.4 is 14.8 Å². The number of hydrogen-bond donors (Lipinski definition) is 1. The van der Waals surface area contributed by atoms with Crippen LogP contribution in [0.5, 0.6) is 11.5 Å². The molecule has 0 fully saturated rings. The van der Waals surface area contributed by atoms with Gasteiger partial charge in [0, 0.05) is 29.6 Å². The number of ether oxygens (including phenoxy) is 2. The summed E-state index contributed by atoms with van der Waals surface area (Å²) in [6.07, 6.45) is -6.28. The zero-order chi connectivity index (χ0) is 22.4. The summed E-state index contributed by atoms with van der Waals surface area (Å²) in [7, 11) is 0. The van der Waals surface area contributed by atoms with Gasteiger partial charge in [0.2, 0.25) is 0 Å². The van der Waals surface area contributed by atoms with Gasteiger partial charge in [0.15, 0.2) is 11.5 Å². The van der Waals surface area contributed by atoms with Gasteiger partial charge in [-0.2, -0.15) is 13.2 Å². The maximum Gasteiger partial charge on any atom is 0.586 e. The summed E-state index contributed by atoms with van der Waals surface area (Å²) in [6.45, 7) is 0. The number of anilines is 1. The quantitative estimate of drug-likeness (QED) is 0.534. The molecular formula is C19H9ClF5N3O3. The minimum atomic E-state index is -4.61. The SMILES string of the molecule is O=C(Nc1ccc(-c2cc3c(cc2Cl)OC(F)(F)O3)cn1)c1ccc(C(F)(F)F)nc1. The minimum Gasteiger partial charge on any atom is -0.395 e. The minimum absolute atomic E-state index is 0.0945. The van der Waals surface area contributed by atoms with Crippen molar-refractivity contribution in [2.75, 3.05) is 5.32 Å². The monoisotopic (exact) mass is 457 g/mol. The highest BCUT2D eigenvalue weighted by Gasteiger charge is 2.43. The molecule has 1 aromatic carbocycles. The summed E-state index contributed by atoms with van der Waals surface area (Å²) in [4.78, 5) is 19.4. The Balaban J connectivity index is 1.50. The second-order valence-corrected chi connectivity index (χ2v) is 6.67. The molecule has 6 nitrogen and oxygen atoms in total. The standard InChI is InChI=1S/C19H9ClF5N3O3/c20-12-6-14-13(30-19(24,25)31-14)5-11(12)9-2-4-16(27-7-9)28-17(29)10-1-3-15(26-8-10)18(21,22)23/h1-8H,(H,27,28,29). The number of nitrogens with one attached hydrogen (secondary N) is 1. The summed E-state index contributed by atoms with van der Waals surface area (Å²) in [5, 5.41) is 2.52. The third-order valence-corrected chi connectivity index (χ3v) is 4.44. The molecule has 1 aliphatic heterocycles. The molecule has 0 bridgehead atoms. The fraction of sp³-hybridized carbons (Fsp3) is 0.105. The third kappa shape index (κ3) is 4.36. The third-order valence-electron chi connectivity index (χ3n) is 4.12. The van der Waals surface area contributed by atoms with Crippen molar-refractivity contribution in [3.63, 3.8) is 0 Å². The molecule has 0 radical (unpaired) electrons. The molecule has 160 valence electrons. The molecule has 4 rings (SSSR count). The Morgan fingerprint density at radius 1 is 1.00 bits per heavy atom. The maximum atomic E-state index is 13.2. The van der Waals surface area contributed by atoms with Crippen molar-refractivity contribution in [1.82, 2.24) is 9.97 Å². The molecule has 12 heteroatoms. The van der Waals surface area contributed by atoms with Gasteiger partial charge >= 0.3 is 12.5 Å². The van der Waals surface area contributed by atoms with Crippen molar-refractivity contribution in [2.45, 2.75) is 12.5 Å². The zero-order valence-electron chi connectivity index (χ0n) is 15.0. The van der Waals surface area contributed by atoms with E-state index in [9.17, 15) is 26.7 Å². The van der Waals surface area contributed by atoms with Gasteiger partial charge in [0.05, 0.1) is 10.6 Å². The summed E-state index contributed by atoms with van der Waals surface area (Å²) in [6, 6.07) is 7.04. The number of hydrogen-bond acceptors (Lipinski definition) is 5. The number of carbonyl (C=O) groups is 1. The average molecular weight is 458 g/mol. The maximum absolute atomic E-state index is 13.2. The number of benzene rings is 1. The van der Waals surface area contributed by atoms with Crippen LogP contribution in [0.4, 0.5) is 27.8 Å². The number of halogens is 6. The van der Waals surface area contributed by atoms with Gasteiger partial charge in [-0.15, -0.1) is 8.78 Å². The van der Waals surface area contributed by atoms with Crippen LogP contribution in [0.25, 0.3) is 11.1 Å². The molecule has 1 N–H and O–H groups in total. The Kier molecular flexibility index (Phi) is 4.92. The Bertz CT molecular complexity index is 1150. The molecule has 2 aromatic heterocycles. The van der Waals surface area contributed by atoms with E-state index in [1.165, 1.54) is 30.5 Å². The van der Waals surface area contributed by atoms with Crippen LogP contribution in [-0.2, 0) is 6.18 Å². The molecule has 3 aromatic rings. The zero-order valence-corrected chi connectivity index (χ0v) is 15.8. The molecular weight excluding hydrogens is 449 g/mol. The van der Waals surface area contributed by atoms with Gasteiger partial charge < -0.3 is 14.8 Å². The predicted octanol–water partition coefficient (Wildman–Crippen LogP) is 5.39. The van der Waals surface area contributed by atoms with E-state index in [-0.39, 0.29) is 27.9 Å². The van der Waals surface area contributed by atoms with Crippen LogP contribution in [0, 0.1) is 0 Å². The van der Waals surface area contributed by atoms with E-state index in [1.54, 1.807) is 0 Å². The Labute approximate surface area is 175 Å². The molecule has 0 atom stereocenters. The predicted molar refractivity (Wildman–Crippen MR) is 98.1 cm³/mol. The number of carbonyl (C=O) groups excluding carboxylic acids is 1. The smallest absolute Gasteiger partial charge is 0.395 e. The first kappa shape index (κ1) is 20.8. The first-order chi connectivity index (χ1) is 14.5. The lowest BCUT2D eigenvalue weighted by atomic mass is 10.1. The van der Waals surface area contributed by atoms with Crippen molar-refractivity contribution in [1.29, 1.82) is 0 Å². The van der Waals surface area contributed by atoms with Crippen molar-refractivity contribution in [3.05, 3.63) is 65.1 Å². The number of amides is 1. The van der Waals surface area contributed by atoms with E-state index >= 15 is 0 Å². The summed E-state index contributed by atoms with van der Waals surface area (Å²) in [5.41, 5.74) is -0.455. The van der Waals surface area contributed by atoms with Gasteiger partial charge in [-0.3, -0.25) is 9.78 Å². The van der Waals surface area contributed by atoms with E-state index in [1.807, 2.05) is 0 Å². The molecule has 0 saturated carbocycles. The van der Waals surface area contributed by atoms with Crippen LogP contribution in [0.1, 0.15) is 16.1 Å². The second-order valence-electron chi connectivity index (χ2n) is 6.26. The summed E-state index contributed by atoms with van der Waals surface area (Å²) >= 11 is 6.12. The van der Waals surface area contributed by atoms with E-state index in [2.05, 4.69) is 24.8 Å². The number of alkyl halides is 5. The second kappa shape index (κ2) is 7.34. The Morgan fingerprint density at radius 2 is 1.71 bits per heavy atom. The highest BCUT2D eigenvalue weighted by molar-refractivity contribution is 6.33. The van der Waals surface area contributed by atoms with E-state index in [4.69, 9.17) is 11.6 Å². The van der Waals surface area contributed by atoms with Crippen LogP contribution in [0.15, 0.2) is 48.8 Å². The fourth-order valence-corrected chi connectivity index (χ4v) is 2.97. The lowest BCUT2D eigenvalue weighted by Gasteiger charge is -2.09. The Morgan fingerprint density at radius 3 is 2.29 bits per heavy atom. The van der Waals surface area contributed by atoms with Gasteiger partial charge in [-0.1, -0.05) is 11.6 Å². The average Bonchev–Trinajstić information content (AvgIpc) is 3.00. The highest BCUT2D eigenvalue weighted by Crippen LogP contribution is 2.46. The van der Waals surface area contributed by atoms with E-state index in [0.717, 1.165) is 12.3 Å². The number of rotatable bonds is 3. The van der Waals surface area contributed by atoms with Gasteiger partial charge in [-0.25, -0.2) is 4.98 Å². The van der Waals surface area contributed by atoms with Crippen LogP contribution >= 0.6 is 11.6 Å². The van der Waals surface area contributed by atoms with Crippen LogP contribution in [-0.4, -0.2) is 22.2 Å². The number of fused-ring (bicyclic) bond motifs is 1. The molecule has 0 unspecified atom stereocenters. The number of aromatic nitrogens is 2. The van der Waals surface area contributed by atoms with E-state index in [0.29, 0.717) is 17.2 Å². The van der Waals surface area contributed by atoms with Crippen molar-refractivity contribution < 1.29 is 36.2 Å². The van der Waals surface area contributed by atoms with Gasteiger partial charge in [-0.05, 0) is 30.3 Å². The lowest BCUT2D eigenvalue weighted by Crippen LogP contribution is -2.25.